The van der Waals surface area contributed by atoms with E-state index in [-0.39, 0.29) is 12.0 Å². The summed E-state index contributed by atoms with van der Waals surface area (Å²) in [5.74, 6) is 6.92. The van der Waals surface area contributed by atoms with E-state index in [1.54, 1.807) is 144 Å². The van der Waals surface area contributed by atoms with Gasteiger partial charge in [-0.1, -0.05) is 124 Å². The number of aromatic nitrogens is 4. The third-order valence-corrected chi connectivity index (χ3v) is 13.1. The van der Waals surface area contributed by atoms with E-state index in [0.717, 1.165) is 23.6 Å². The smallest absolute Gasteiger partial charge is 0.221 e. The largest absolute Gasteiger partial charge is 0.506 e. The van der Waals surface area contributed by atoms with E-state index in [4.69, 9.17) is 129 Å². The molecule has 456 valence electrons. The Morgan fingerprint density at radius 3 is 1.28 bits per heavy atom. The molecule has 1 aliphatic rings. The van der Waals surface area contributed by atoms with Crippen molar-refractivity contribution in [3.63, 3.8) is 0 Å². The maximum absolute atomic E-state index is 8.95. The molecule has 0 radical (unpaired) electrons. The third kappa shape index (κ3) is 23.5. The topological polar surface area (TPSA) is 191 Å². The summed E-state index contributed by atoms with van der Waals surface area (Å²) in [5, 5.41) is 18.3. The zero-order valence-corrected chi connectivity index (χ0v) is 53.1. The van der Waals surface area contributed by atoms with Gasteiger partial charge in [0.15, 0.2) is 6.29 Å². The number of ether oxygens (including phenoxy) is 9. The molecule has 0 unspecified atom stereocenters. The first-order valence-corrected chi connectivity index (χ1v) is 29.0. The van der Waals surface area contributed by atoms with Crippen LogP contribution in [-0.4, -0.2) is 91.8 Å². The second-order valence-corrected chi connectivity index (χ2v) is 20.2. The number of aliphatic imine (C=N–C) groups is 1. The number of hydrogen-bond donors (Lipinski definition) is 3. The molecule has 0 bridgehead atoms. The number of halogens is 7. The number of rotatable bonds is 20. The second-order valence-electron chi connectivity index (χ2n) is 17.4. The van der Waals surface area contributed by atoms with E-state index in [1.165, 1.54) is 11.6 Å². The van der Waals surface area contributed by atoms with Crippen LogP contribution in [0.4, 0.5) is 17.3 Å². The Morgan fingerprint density at radius 2 is 0.862 bits per heavy atom. The number of aromatic hydroxyl groups is 1. The number of nitrogens with zero attached hydrogens (tertiary/aromatic N) is 5. The fraction of sp³-hybridized carbons (Fsp3) is 0.190. The minimum Gasteiger partial charge on any atom is -0.506 e. The number of para-hydroxylation sites is 1. The van der Waals surface area contributed by atoms with Gasteiger partial charge in [-0.3, -0.25) is 4.99 Å². The summed E-state index contributed by atoms with van der Waals surface area (Å²) in [6.07, 6.45) is 0.540. The highest BCUT2D eigenvalue weighted by atomic mass is 35.5. The molecule has 87 heavy (non-hydrogen) atoms. The molecule has 10 rings (SSSR count). The molecular formula is C63H60Cl7N7O10. The number of methoxy groups -OCH3 is 4. The summed E-state index contributed by atoms with van der Waals surface area (Å²) < 4.78 is 48.2. The zero-order chi connectivity index (χ0) is 62.5. The summed E-state index contributed by atoms with van der Waals surface area (Å²) in [7, 11) is 6.30. The van der Waals surface area contributed by atoms with E-state index in [0.29, 0.717) is 126 Å². The molecule has 0 atom stereocenters. The van der Waals surface area contributed by atoms with Crippen molar-refractivity contribution < 1.29 is 47.7 Å². The number of anilines is 2. The summed E-state index contributed by atoms with van der Waals surface area (Å²) in [6.45, 7) is 6.14. The van der Waals surface area contributed by atoms with Crippen molar-refractivity contribution in [2.24, 2.45) is 4.99 Å². The van der Waals surface area contributed by atoms with Gasteiger partial charge in [-0.2, -0.15) is 9.97 Å². The average molecular weight is 1320 g/mol. The lowest BCUT2D eigenvalue weighted by atomic mass is 10.1. The van der Waals surface area contributed by atoms with E-state index < -0.39 is 0 Å². The molecular weight excluding hydrogens is 1260 g/mol. The number of phenols is 1. The third-order valence-electron chi connectivity index (χ3n) is 11.3. The molecule has 24 heteroatoms. The molecule has 0 saturated carbocycles. The Bertz CT molecular complexity index is 3630. The van der Waals surface area contributed by atoms with Gasteiger partial charge in [-0.15, -0.1) is 0 Å². The molecule has 0 saturated heterocycles. The van der Waals surface area contributed by atoms with Crippen molar-refractivity contribution in [3.05, 3.63) is 211 Å². The van der Waals surface area contributed by atoms with Gasteiger partial charge >= 0.3 is 0 Å². The minimum absolute atomic E-state index is 0.0717. The lowest BCUT2D eigenvalue weighted by molar-refractivity contribution is -0.126. The van der Waals surface area contributed by atoms with Gasteiger partial charge in [-0.05, 0) is 104 Å². The van der Waals surface area contributed by atoms with Gasteiger partial charge in [-0.25, -0.2) is 9.97 Å². The predicted molar refractivity (Wildman–Crippen MR) is 347 cm³/mol. The standard InChI is InChI=1S/C21H18ClN3O2.C18H23ClN2O4.C12H9Cl2NO2.C7H7ClO2.C5H3Cl2N/c1-26-16-9-10-19(17(22)12-16)27-21-8-4-7-20(25-21)23-13-15-11-14-5-2-3-6-18(14)24-15;1-4-23-18(24-5-2)12-20-16-7-6-8-17(21-16)25-15-10-9-13(22-3)11-14(15)19;1-16-8-5-6-10(9(13)7-8)17-12-4-2-3-11(14)15-12;1-10-5-2-3-7(9)6(8)4-5;6-4-2-1-3-5(7)8-4/h2-10,12H,11,13H2,1H3,(H,23,25);6-11,18H,4-5,12H2,1-3H3,(H,20,21);2-7H,1H3;2-4,9H,1H3;1-3H. The van der Waals surface area contributed by atoms with Gasteiger partial charge in [0.05, 0.1) is 67.3 Å². The number of fused-ring (bicyclic) bond motifs is 1. The maximum atomic E-state index is 8.95. The van der Waals surface area contributed by atoms with Crippen LogP contribution in [0.25, 0.3) is 0 Å². The first kappa shape index (κ1) is 68.4. The van der Waals surface area contributed by atoms with Crippen molar-refractivity contribution in [1.29, 1.82) is 0 Å². The van der Waals surface area contributed by atoms with E-state index in [1.807, 2.05) is 56.3 Å². The van der Waals surface area contributed by atoms with Gasteiger partial charge in [0, 0.05) is 67.8 Å². The van der Waals surface area contributed by atoms with Crippen LogP contribution in [0, 0.1) is 0 Å². The molecule has 17 nitrogen and oxygen atoms in total. The van der Waals surface area contributed by atoms with Crippen LogP contribution >= 0.6 is 81.2 Å². The highest BCUT2D eigenvalue weighted by Crippen LogP contribution is 2.35. The number of benzene rings is 5. The summed E-state index contributed by atoms with van der Waals surface area (Å²) in [5.41, 5.74) is 3.39. The van der Waals surface area contributed by atoms with Crippen molar-refractivity contribution in [2.45, 2.75) is 26.6 Å². The number of phenolic OH excluding ortho intramolecular Hbond substituents is 1. The Labute approximate surface area is 539 Å². The van der Waals surface area contributed by atoms with E-state index >= 15 is 0 Å². The second kappa shape index (κ2) is 36.5. The quantitative estimate of drug-likeness (QED) is 0.0482. The van der Waals surface area contributed by atoms with Crippen LogP contribution in [0.15, 0.2) is 175 Å². The van der Waals surface area contributed by atoms with Crippen LogP contribution in [0.5, 0.6) is 63.6 Å². The van der Waals surface area contributed by atoms with Gasteiger partial charge in [0.2, 0.25) is 17.6 Å². The molecule has 0 spiro atoms. The molecule has 1 aliphatic heterocycles. The van der Waals surface area contributed by atoms with E-state index in [2.05, 4.69) is 41.6 Å². The van der Waals surface area contributed by atoms with Crippen LogP contribution in [0.2, 0.25) is 35.5 Å². The fourth-order valence-electron chi connectivity index (χ4n) is 7.22. The summed E-state index contributed by atoms with van der Waals surface area (Å²) >= 11 is 40.7. The van der Waals surface area contributed by atoms with Crippen LogP contribution < -0.4 is 43.8 Å². The maximum Gasteiger partial charge on any atom is 0.221 e. The number of hydrogen-bond acceptors (Lipinski definition) is 17. The van der Waals surface area contributed by atoms with Crippen molar-refractivity contribution in [2.75, 3.05) is 65.4 Å². The fourth-order valence-corrected chi connectivity index (χ4v) is 8.54. The highest BCUT2D eigenvalue weighted by molar-refractivity contribution is 6.33. The van der Waals surface area contributed by atoms with Crippen molar-refractivity contribution >= 4 is 104 Å². The van der Waals surface area contributed by atoms with Gasteiger partial charge < -0.3 is 58.4 Å². The Kier molecular flexibility index (Phi) is 28.7. The SMILES string of the molecule is CCOC(CNc1cccc(Oc2ccc(OC)cc2Cl)n1)OCC.COc1ccc(O)c(Cl)c1.COc1ccc(Oc2cccc(Cl)n2)c(Cl)c1.COc1ccc(Oc2cccc(NCC3=Nc4ccccc4C3)n2)c(Cl)c1.Clc1cccc(Cl)n1. The molecule has 5 aromatic carbocycles. The molecule has 0 fully saturated rings. The number of pyridine rings is 4. The molecule has 0 amide bonds. The lowest BCUT2D eigenvalue weighted by Crippen LogP contribution is -2.26. The Hall–Kier alpha value is -7.68. The number of nitrogens with one attached hydrogen (secondary N) is 2. The van der Waals surface area contributed by atoms with Crippen LogP contribution in [0.1, 0.15) is 19.4 Å². The molecule has 4 aromatic heterocycles. The van der Waals surface area contributed by atoms with E-state index in [9.17, 15) is 0 Å². The van der Waals surface area contributed by atoms with Crippen molar-refractivity contribution in [3.8, 4) is 63.6 Å². The van der Waals surface area contributed by atoms with Gasteiger partial charge in [0.25, 0.3) is 0 Å². The summed E-state index contributed by atoms with van der Waals surface area (Å²) in [6, 6.07) is 49.7. The monoisotopic (exact) mass is 1320 g/mol. The first-order valence-electron chi connectivity index (χ1n) is 26.4. The highest BCUT2D eigenvalue weighted by Gasteiger charge is 2.15. The molecule has 0 aliphatic carbocycles. The minimum atomic E-state index is -0.322. The van der Waals surface area contributed by atoms with Gasteiger partial charge in [0.1, 0.15) is 73.1 Å². The predicted octanol–water partition coefficient (Wildman–Crippen LogP) is 18.3. The molecule has 5 heterocycles. The average Bonchev–Trinajstić information content (AvgIpc) is 4.05. The lowest BCUT2D eigenvalue weighted by Gasteiger charge is -2.18. The Morgan fingerprint density at radius 1 is 0.448 bits per heavy atom. The van der Waals surface area contributed by atoms with Crippen LogP contribution in [-0.2, 0) is 15.9 Å². The first-order chi connectivity index (χ1) is 42.1. The molecule has 9 aromatic rings. The zero-order valence-electron chi connectivity index (χ0n) is 47.8. The normalized spacial score (nSPS) is 10.8. The summed E-state index contributed by atoms with van der Waals surface area (Å²) in [4.78, 5) is 21.3. The van der Waals surface area contributed by atoms with Crippen molar-refractivity contribution in [1.82, 2.24) is 19.9 Å². The molecule has 3 N–H and O–H groups in total. The Balaban J connectivity index is 0.000000185. The van der Waals surface area contributed by atoms with Crippen LogP contribution in [0.3, 0.4) is 0 Å².